The lowest BCUT2D eigenvalue weighted by Gasteiger charge is -2.26. The second-order valence-corrected chi connectivity index (χ2v) is 4.89. The van der Waals surface area contributed by atoms with Crippen LogP contribution < -0.4 is 5.53 Å². The Balaban J connectivity index is 2.45. The van der Waals surface area contributed by atoms with E-state index in [1.807, 2.05) is 0 Å². The predicted octanol–water partition coefficient (Wildman–Crippen LogP) is 2.74. The Morgan fingerprint density at radius 3 is 2.79 bits per heavy atom. The number of hydrogen-bond donors (Lipinski definition) is 0. The lowest BCUT2D eigenvalue weighted by Crippen LogP contribution is -2.39. The van der Waals surface area contributed by atoms with Gasteiger partial charge in [0.2, 0.25) is 11.5 Å². The van der Waals surface area contributed by atoms with Crippen LogP contribution in [0.1, 0.15) is 18.1 Å². The fraction of sp³-hybridized carbons (Fsp3) is 0.308. The maximum atomic E-state index is 13.9. The van der Waals surface area contributed by atoms with Crippen molar-refractivity contribution in [3.05, 3.63) is 40.2 Å². The molecule has 1 heterocycles. The van der Waals surface area contributed by atoms with Crippen LogP contribution in [0.4, 0.5) is 4.39 Å². The zero-order chi connectivity index (χ0) is 14.2. The molecule has 99 valence electrons. The lowest BCUT2D eigenvalue weighted by molar-refractivity contribution is -0.136. The second-order valence-electron chi connectivity index (χ2n) is 4.49. The molecule has 0 bridgehead atoms. The quantitative estimate of drug-likeness (QED) is 0.783. The van der Waals surface area contributed by atoms with Gasteiger partial charge < -0.3 is 4.74 Å². The molecule has 0 N–H and O–H groups in total. The summed E-state index contributed by atoms with van der Waals surface area (Å²) in [7, 11) is 0. The third-order valence-corrected chi connectivity index (χ3v) is 3.46. The summed E-state index contributed by atoms with van der Waals surface area (Å²) in [5, 5.41) is 3.23. The average molecular weight is 282 g/mol. The minimum atomic E-state index is -1.61. The Bertz CT molecular complexity index is 601. The monoisotopic (exact) mass is 281 g/mol. The van der Waals surface area contributed by atoms with Crippen molar-refractivity contribution >= 4 is 23.0 Å². The van der Waals surface area contributed by atoms with E-state index >= 15 is 0 Å². The predicted molar refractivity (Wildman–Crippen MR) is 68.1 cm³/mol. The number of nitrogens with zero attached hydrogens (tertiary/aromatic N) is 2. The average Bonchev–Trinajstić information content (AvgIpc) is 2.37. The molecule has 19 heavy (non-hydrogen) atoms. The fourth-order valence-corrected chi connectivity index (χ4v) is 1.91. The van der Waals surface area contributed by atoms with Gasteiger partial charge >= 0.3 is 0 Å². The summed E-state index contributed by atoms with van der Waals surface area (Å²) in [6, 6.07) is 2.75. The number of rotatable bonds is 2. The zero-order valence-electron chi connectivity index (χ0n) is 10.4. The van der Waals surface area contributed by atoms with Gasteiger partial charge in [-0.3, -0.25) is 4.79 Å². The van der Waals surface area contributed by atoms with Gasteiger partial charge in [-0.25, -0.2) is 4.39 Å². The number of benzene rings is 1. The number of carbonyl (C=O) groups is 1. The normalized spacial score (nSPS) is 23.2. The number of carbonyl (C=O) groups excluding carboxylic acids is 1. The summed E-state index contributed by atoms with van der Waals surface area (Å²) in [5.41, 5.74) is 8.51. The third-order valence-electron chi connectivity index (χ3n) is 3.06. The largest absolute Gasteiger partial charge is 0.341 e. The summed E-state index contributed by atoms with van der Waals surface area (Å²) >= 11 is 5.82. The van der Waals surface area contributed by atoms with E-state index in [2.05, 4.69) is 5.11 Å². The molecule has 0 amide bonds. The van der Waals surface area contributed by atoms with E-state index in [0.29, 0.717) is 16.2 Å². The van der Waals surface area contributed by atoms with Gasteiger partial charge in [0.05, 0.1) is 6.61 Å². The first kappa shape index (κ1) is 13.8. The Kier molecular flexibility index (Phi) is 3.52. The van der Waals surface area contributed by atoms with Crippen LogP contribution >= 0.6 is 11.6 Å². The highest BCUT2D eigenvalue weighted by atomic mass is 35.5. The van der Waals surface area contributed by atoms with Crippen LogP contribution in [0.5, 0.6) is 0 Å². The minimum absolute atomic E-state index is 0.0235. The molecule has 0 aromatic heterocycles. The summed E-state index contributed by atoms with van der Waals surface area (Å²) in [4.78, 5) is 11.8. The lowest BCUT2D eigenvalue weighted by atomic mass is 9.97. The molecule has 0 spiro atoms. The molecule has 1 aliphatic rings. The number of halogens is 2. The van der Waals surface area contributed by atoms with Crippen molar-refractivity contribution in [3.8, 4) is 0 Å². The molecule has 1 aliphatic heterocycles. The summed E-state index contributed by atoms with van der Waals surface area (Å²) in [5.74, 6) is -1.06. The molecule has 1 atom stereocenters. The summed E-state index contributed by atoms with van der Waals surface area (Å²) in [6.07, 6.45) is 1.23. The molecule has 0 fully saturated rings. The summed E-state index contributed by atoms with van der Waals surface area (Å²) < 4.78 is 19.0. The van der Waals surface area contributed by atoms with Crippen molar-refractivity contribution in [2.24, 2.45) is 5.11 Å². The van der Waals surface area contributed by atoms with Crippen molar-refractivity contribution in [2.45, 2.75) is 19.6 Å². The van der Waals surface area contributed by atoms with Crippen molar-refractivity contribution < 1.29 is 13.9 Å². The van der Waals surface area contributed by atoms with Gasteiger partial charge in [0.1, 0.15) is 5.82 Å². The van der Waals surface area contributed by atoms with Crippen LogP contribution in [-0.4, -0.2) is 18.1 Å². The van der Waals surface area contributed by atoms with Crippen LogP contribution in [-0.2, 0) is 9.53 Å². The number of ether oxygens (including phenoxy) is 1. The van der Waals surface area contributed by atoms with Crippen molar-refractivity contribution in [3.63, 3.8) is 0 Å². The van der Waals surface area contributed by atoms with Crippen molar-refractivity contribution in [1.82, 2.24) is 5.53 Å². The highest BCUT2D eigenvalue weighted by Gasteiger charge is 2.37. The molecule has 1 aromatic carbocycles. The van der Waals surface area contributed by atoms with Crippen LogP contribution in [0.3, 0.4) is 0 Å². The Morgan fingerprint density at radius 1 is 1.53 bits per heavy atom. The standard InChI is InChI=1S/C13H11ClFN2O2/c1-7-3-9(11(15)5-10(7)14)8-4-12(18)13(2,17-16)19-6-8/h3-5H,6H2,1-2H3. The molecule has 1 unspecified atom stereocenters. The molecule has 6 heteroatoms. The number of hydrogen-bond acceptors (Lipinski definition) is 3. The van der Waals surface area contributed by atoms with Gasteiger partial charge in [-0.2, -0.15) is 0 Å². The molecule has 4 nitrogen and oxygen atoms in total. The zero-order valence-corrected chi connectivity index (χ0v) is 11.2. The Labute approximate surface area is 114 Å². The van der Waals surface area contributed by atoms with Gasteiger partial charge in [0.15, 0.2) is 0 Å². The molecule has 0 saturated heterocycles. The highest BCUT2D eigenvalue weighted by molar-refractivity contribution is 6.31. The highest BCUT2D eigenvalue weighted by Crippen LogP contribution is 2.30. The molecule has 2 rings (SSSR count). The molecule has 1 aromatic rings. The van der Waals surface area contributed by atoms with E-state index in [9.17, 15) is 9.18 Å². The second kappa shape index (κ2) is 4.83. The van der Waals surface area contributed by atoms with Gasteiger partial charge in [-0.05, 0) is 48.7 Å². The van der Waals surface area contributed by atoms with E-state index in [1.165, 1.54) is 19.1 Å². The maximum absolute atomic E-state index is 13.9. The van der Waals surface area contributed by atoms with Gasteiger partial charge in [-0.15, -0.1) is 5.11 Å². The molecular formula is C13H11ClFN2O2. The fourth-order valence-electron chi connectivity index (χ4n) is 1.76. The van der Waals surface area contributed by atoms with E-state index in [-0.39, 0.29) is 12.2 Å². The first-order valence-electron chi connectivity index (χ1n) is 5.58. The number of ketones is 1. The Morgan fingerprint density at radius 2 is 2.21 bits per heavy atom. The molecular weight excluding hydrogens is 271 g/mol. The topological polar surface area (TPSA) is 61.0 Å². The van der Waals surface area contributed by atoms with E-state index in [1.54, 1.807) is 13.0 Å². The number of aryl methyl sites for hydroxylation is 1. The summed E-state index contributed by atoms with van der Waals surface area (Å²) in [6.45, 7) is 3.06. The molecule has 0 saturated carbocycles. The maximum Gasteiger partial charge on any atom is 0.241 e. The van der Waals surface area contributed by atoms with Crippen LogP contribution in [0.25, 0.3) is 5.57 Å². The molecule has 0 aliphatic carbocycles. The van der Waals surface area contributed by atoms with E-state index in [0.717, 1.165) is 0 Å². The Hall–Kier alpha value is -1.59. The van der Waals surface area contributed by atoms with E-state index < -0.39 is 17.3 Å². The SMILES string of the molecule is Cc1cc(C2=CC(=O)C(C)(N=[N])OC2)c(F)cc1Cl. The first-order chi connectivity index (χ1) is 8.87. The van der Waals surface area contributed by atoms with E-state index in [4.69, 9.17) is 21.9 Å². The van der Waals surface area contributed by atoms with Gasteiger partial charge in [-0.1, -0.05) is 11.6 Å². The van der Waals surface area contributed by atoms with Crippen molar-refractivity contribution in [2.75, 3.05) is 6.61 Å². The minimum Gasteiger partial charge on any atom is -0.341 e. The van der Waals surface area contributed by atoms with Crippen molar-refractivity contribution in [1.29, 1.82) is 0 Å². The van der Waals surface area contributed by atoms with Crippen LogP contribution in [0.2, 0.25) is 5.02 Å². The molecule has 1 radical (unpaired) electrons. The third kappa shape index (κ3) is 2.43. The van der Waals surface area contributed by atoms with Gasteiger partial charge in [0, 0.05) is 10.6 Å². The van der Waals surface area contributed by atoms with Crippen LogP contribution in [0, 0.1) is 12.7 Å². The smallest absolute Gasteiger partial charge is 0.241 e. The first-order valence-corrected chi connectivity index (χ1v) is 5.96. The van der Waals surface area contributed by atoms with Crippen LogP contribution in [0.15, 0.2) is 23.3 Å². The van der Waals surface area contributed by atoms with Gasteiger partial charge in [0.25, 0.3) is 0 Å².